The number of nitrogens with zero attached hydrogens (tertiary/aromatic N) is 2. The number of benzene rings is 2. The molecule has 2 aromatic carbocycles. The maximum absolute atomic E-state index is 13.3. The predicted molar refractivity (Wildman–Crippen MR) is 137 cm³/mol. The topological polar surface area (TPSA) is 134 Å². The third-order valence-electron chi connectivity index (χ3n) is 5.59. The fourth-order valence-corrected chi connectivity index (χ4v) is 3.77. The second kappa shape index (κ2) is 11.3. The van der Waals surface area contributed by atoms with Gasteiger partial charge in [-0.1, -0.05) is 30.3 Å². The van der Waals surface area contributed by atoms with Crippen LogP contribution in [0.4, 0.5) is 5.88 Å². The fraction of sp³-hybridized carbons (Fsp3) is 0.148. The molecule has 0 saturated carbocycles. The van der Waals surface area contributed by atoms with Crippen molar-refractivity contribution in [3.8, 4) is 0 Å². The number of ketones is 1. The summed E-state index contributed by atoms with van der Waals surface area (Å²) in [4.78, 5) is 49.0. The average molecular weight is 501 g/mol. The van der Waals surface area contributed by atoms with Crippen LogP contribution >= 0.6 is 0 Å². The Morgan fingerprint density at radius 3 is 2.62 bits per heavy atom. The molecule has 4 rings (SSSR count). The minimum atomic E-state index is -0.675. The molecule has 0 atom stereocenters. The van der Waals surface area contributed by atoms with Crippen LogP contribution in [0, 0.1) is 10.1 Å². The van der Waals surface area contributed by atoms with Crippen LogP contribution in [-0.4, -0.2) is 41.4 Å². The van der Waals surface area contributed by atoms with Gasteiger partial charge in [0.2, 0.25) is 5.43 Å². The Kier molecular flexibility index (Phi) is 7.70. The van der Waals surface area contributed by atoms with Crippen molar-refractivity contribution < 1.29 is 23.7 Å². The third kappa shape index (κ3) is 5.88. The van der Waals surface area contributed by atoms with Crippen molar-refractivity contribution in [1.82, 2.24) is 9.88 Å². The first-order valence-corrected chi connectivity index (χ1v) is 11.3. The highest BCUT2D eigenvalue weighted by Crippen LogP contribution is 2.19. The molecule has 0 spiro atoms. The smallest absolute Gasteiger partial charge is 0.401 e. The molecule has 0 saturated heterocycles. The molecule has 10 heteroatoms. The number of nitro groups is 1. The number of pyridine rings is 1. The van der Waals surface area contributed by atoms with Crippen molar-refractivity contribution in [3.63, 3.8) is 0 Å². The van der Waals surface area contributed by atoms with Crippen LogP contribution in [0.1, 0.15) is 32.0 Å². The van der Waals surface area contributed by atoms with Crippen LogP contribution in [0.25, 0.3) is 17.0 Å². The van der Waals surface area contributed by atoms with Crippen molar-refractivity contribution in [2.24, 2.45) is 0 Å². The Bertz CT molecular complexity index is 1550. The van der Waals surface area contributed by atoms with Gasteiger partial charge in [-0.3, -0.25) is 24.5 Å². The zero-order chi connectivity index (χ0) is 26.4. The van der Waals surface area contributed by atoms with Gasteiger partial charge >= 0.3 is 5.88 Å². The number of amides is 1. The molecule has 0 fully saturated rings. The molecule has 2 heterocycles. The molecule has 2 aromatic heterocycles. The quantitative estimate of drug-likeness (QED) is 0.115. The molecule has 4 aromatic rings. The number of furan rings is 1. The summed E-state index contributed by atoms with van der Waals surface area (Å²) < 4.78 is 11.8. The van der Waals surface area contributed by atoms with Gasteiger partial charge in [0.25, 0.3) is 5.91 Å². The average Bonchev–Trinajstić information content (AvgIpc) is 3.39. The summed E-state index contributed by atoms with van der Waals surface area (Å²) in [5.74, 6) is -1.28. The normalized spacial score (nSPS) is 11.2. The highest BCUT2D eigenvalue weighted by atomic mass is 16.6. The standard InChI is InChI=1S/C27H23N3O7/c1-36-14-13-28-27(33)22-17-29(16-18-5-3-2-4-6-18)23-10-7-19(15-21(23)26(22)32)24(31)11-8-20-9-12-25(37-20)30(34)35/h2-12,15,17H,13-14,16H2,1H3,(H,28,33)/b11-8+. The lowest BCUT2D eigenvalue weighted by atomic mass is 10.0. The number of allylic oxidation sites excluding steroid dienone is 1. The van der Waals surface area contributed by atoms with Gasteiger partial charge in [-0.05, 0) is 42.0 Å². The number of carbonyl (C=O) groups excluding carboxylic acids is 2. The van der Waals surface area contributed by atoms with E-state index >= 15 is 0 Å². The van der Waals surface area contributed by atoms with Crippen LogP contribution < -0.4 is 10.7 Å². The van der Waals surface area contributed by atoms with Gasteiger partial charge in [0.1, 0.15) is 16.2 Å². The van der Waals surface area contributed by atoms with Crippen LogP contribution in [0.3, 0.4) is 0 Å². The Labute approximate surface area is 210 Å². The van der Waals surface area contributed by atoms with Crippen LogP contribution in [0.15, 0.2) is 82.1 Å². The molecule has 0 bridgehead atoms. The van der Waals surface area contributed by atoms with Crippen molar-refractivity contribution >= 4 is 34.6 Å². The summed E-state index contributed by atoms with van der Waals surface area (Å²) in [6, 6.07) is 16.8. The number of nitrogens with one attached hydrogen (secondary N) is 1. The minimum absolute atomic E-state index is 0.0532. The molecule has 10 nitrogen and oxygen atoms in total. The molecule has 0 aliphatic rings. The van der Waals surface area contributed by atoms with E-state index in [1.807, 2.05) is 30.3 Å². The Balaban J connectivity index is 1.72. The molecule has 0 radical (unpaired) electrons. The van der Waals surface area contributed by atoms with Gasteiger partial charge < -0.3 is 19.0 Å². The number of hydrogen-bond donors (Lipinski definition) is 1. The summed E-state index contributed by atoms with van der Waals surface area (Å²) in [6.07, 6.45) is 4.03. The van der Waals surface area contributed by atoms with Gasteiger partial charge in [0.05, 0.1) is 18.2 Å². The largest absolute Gasteiger partial charge is 0.433 e. The number of ether oxygens (including phenoxy) is 1. The second-order valence-corrected chi connectivity index (χ2v) is 8.10. The number of methoxy groups -OCH3 is 1. The van der Waals surface area contributed by atoms with Crippen LogP contribution in [-0.2, 0) is 11.3 Å². The summed E-state index contributed by atoms with van der Waals surface area (Å²) in [6.45, 7) is 0.932. The van der Waals surface area contributed by atoms with E-state index < -0.39 is 27.9 Å². The lowest BCUT2D eigenvalue weighted by Gasteiger charge is -2.14. The summed E-state index contributed by atoms with van der Waals surface area (Å²) in [7, 11) is 1.51. The Morgan fingerprint density at radius 1 is 1.14 bits per heavy atom. The van der Waals surface area contributed by atoms with Gasteiger partial charge in [-0.25, -0.2) is 0 Å². The molecule has 0 aliphatic carbocycles. The lowest BCUT2D eigenvalue weighted by Crippen LogP contribution is -2.32. The molecule has 0 aliphatic heterocycles. The third-order valence-corrected chi connectivity index (χ3v) is 5.59. The first kappa shape index (κ1) is 25.3. The second-order valence-electron chi connectivity index (χ2n) is 8.10. The number of carbonyl (C=O) groups is 2. The molecule has 188 valence electrons. The lowest BCUT2D eigenvalue weighted by molar-refractivity contribution is -0.402. The summed E-state index contributed by atoms with van der Waals surface area (Å²) in [5, 5.41) is 13.7. The maximum Gasteiger partial charge on any atom is 0.433 e. The number of fused-ring (bicyclic) bond motifs is 1. The van der Waals surface area contributed by atoms with E-state index in [1.165, 1.54) is 43.7 Å². The van der Waals surface area contributed by atoms with Gasteiger partial charge in [0.15, 0.2) is 5.78 Å². The van der Waals surface area contributed by atoms with Crippen LogP contribution in [0.5, 0.6) is 0 Å². The molecule has 37 heavy (non-hydrogen) atoms. The number of hydrogen-bond acceptors (Lipinski definition) is 7. The maximum atomic E-state index is 13.3. The van der Waals surface area contributed by atoms with E-state index in [2.05, 4.69) is 5.32 Å². The monoisotopic (exact) mass is 501 g/mol. The van der Waals surface area contributed by atoms with E-state index in [9.17, 15) is 24.5 Å². The van der Waals surface area contributed by atoms with Gasteiger partial charge in [-0.15, -0.1) is 0 Å². The van der Waals surface area contributed by atoms with Crippen molar-refractivity contribution in [2.45, 2.75) is 6.54 Å². The number of aromatic nitrogens is 1. The fourth-order valence-electron chi connectivity index (χ4n) is 3.77. The SMILES string of the molecule is COCCNC(=O)c1cn(Cc2ccccc2)c2ccc(C(=O)/C=C/c3ccc([N+](=O)[O-])o3)cc2c1=O. The summed E-state index contributed by atoms with van der Waals surface area (Å²) in [5.41, 5.74) is 1.18. The van der Waals surface area contributed by atoms with E-state index in [-0.39, 0.29) is 28.8 Å². The van der Waals surface area contributed by atoms with Gasteiger partial charge in [0, 0.05) is 37.3 Å². The highest BCUT2D eigenvalue weighted by molar-refractivity contribution is 6.08. The van der Waals surface area contributed by atoms with E-state index in [4.69, 9.17) is 9.15 Å². The molecular weight excluding hydrogens is 478 g/mol. The number of rotatable bonds is 10. The van der Waals surface area contributed by atoms with E-state index in [0.717, 1.165) is 5.56 Å². The summed E-state index contributed by atoms with van der Waals surface area (Å²) >= 11 is 0. The highest BCUT2D eigenvalue weighted by Gasteiger charge is 2.17. The molecule has 1 amide bonds. The van der Waals surface area contributed by atoms with E-state index in [1.54, 1.807) is 16.7 Å². The minimum Gasteiger partial charge on any atom is -0.401 e. The first-order chi connectivity index (χ1) is 17.9. The zero-order valence-electron chi connectivity index (χ0n) is 19.9. The van der Waals surface area contributed by atoms with Crippen molar-refractivity contribution in [2.75, 3.05) is 20.3 Å². The van der Waals surface area contributed by atoms with Gasteiger partial charge in [-0.2, -0.15) is 0 Å². The van der Waals surface area contributed by atoms with Crippen molar-refractivity contribution in [1.29, 1.82) is 0 Å². The predicted octanol–water partition coefficient (Wildman–Crippen LogP) is 3.82. The molecular formula is C27H23N3O7. The first-order valence-electron chi connectivity index (χ1n) is 11.3. The van der Waals surface area contributed by atoms with Crippen molar-refractivity contribution in [3.05, 3.63) is 116 Å². The zero-order valence-corrected chi connectivity index (χ0v) is 19.9. The Hall–Kier alpha value is -4.83. The Morgan fingerprint density at radius 2 is 1.92 bits per heavy atom. The molecule has 1 N–H and O–H groups in total. The van der Waals surface area contributed by atoms with E-state index in [0.29, 0.717) is 18.7 Å². The van der Waals surface area contributed by atoms with Crippen LogP contribution in [0.2, 0.25) is 0 Å². The molecule has 0 unspecified atom stereocenters.